The van der Waals surface area contributed by atoms with Gasteiger partial charge in [0.15, 0.2) is 5.69 Å². The van der Waals surface area contributed by atoms with Crippen LogP contribution in [0.2, 0.25) is 0 Å². The van der Waals surface area contributed by atoms with E-state index in [-0.39, 0.29) is 73.4 Å². The summed E-state index contributed by atoms with van der Waals surface area (Å²) in [5.41, 5.74) is 11.7. The van der Waals surface area contributed by atoms with Gasteiger partial charge in [-0.3, -0.25) is 38.3 Å². The van der Waals surface area contributed by atoms with Gasteiger partial charge in [-0.25, -0.2) is 4.98 Å². The first-order valence-corrected chi connectivity index (χ1v) is 30.6. The highest BCUT2D eigenvalue weighted by molar-refractivity contribution is 7.13. The number of nitrogens with zero attached hydrogens (tertiary/aromatic N) is 8. The molecule has 3 aliphatic rings. The van der Waals surface area contributed by atoms with Gasteiger partial charge in [-0.15, -0.1) is 16.4 Å². The van der Waals surface area contributed by atoms with E-state index in [1.54, 1.807) is 27.1 Å². The number of aliphatic hydroxyl groups excluding tert-OH is 1. The fourth-order valence-electron chi connectivity index (χ4n) is 11.8. The number of pyridine rings is 1. The Labute approximate surface area is 501 Å². The molecule has 0 spiro atoms. The maximum absolute atomic E-state index is 14.2. The highest BCUT2D eigenvalue weighted by atomic mass is 32.1. The maximum atomic E-state index is 14.2. The number of unbranched alkanes of at least 4 members (excludes halogenated alkanes) is 1. The van der Waals surface area contributed by atoms with Crippen molar-refractivity contribution < 1.29 is 33.8 Å². The van der Waals surface area contributed by atoms with Crippen LogP contribution in [0.25, 0.3) is 21.6 Å². The fourth-order valence-corrected chi connectivity index (χ4v) is 12.6. The van der Waals surface area contributed by atoms with E-state index >= 15 is 0 Å². The Kier molecular flexibility index (Phi) is 20.1. The van der Waals surface area contributed by atoms with Crippen LogP contribution in [0.1, 0.15) is 126 Å². The lowest BCUT2D eigenvalue weighted by atomic mass is 9.85. The van der Waals surface area contributed by atoms with Gasteiger partial charge in [0.2, 0.25) is 17.7 Å². The van der Waals surface area contributed by atoms with Crippen LogP contribution in [-0.2, 0) is 45.3 Å². The van der Waals surface area contributed by atoms with E-state index in [1.165, 1.54) is 4.90 Å². The molecule has 0 radical (unpaired) electrons. The number of β-amino-alcohol motifs (C(OH)–C–C–N with tert-alkyl or cyclic N) is 1. The number of aliphatic hydroxyl groups is 1. The molecule has 20 nitrogen and oxygen atoms in total. The number of anilines is 1. The molecule has 452 valence electrons. The summed E-state index contributed by atoms with van der Waals surface area (Å²) < 4.78 is 7.33. The second-order valence-corrected chi connectivity index (χ2v) is 24.8. The van der Waals surface area contributed by atoms with Gasteiger partial charge < -0.3 is 45.5 Å². The number of H-pyrrole nitrogens is 1. The van der Waals surface area contributed by atoms with E-state index in [4.69, 9.17) is 4.74 Å². The van der Waals surface area contributed by atoms with Crippen LogP contribution >= 0.6 is 11.3 Å². The van der Waals surface area contributed by atoms with Crippen LogP contribution < -0.4 is 26.4 Å². The summed E-state index contributed by atoms with van der Waals surface area (Å²) in [5, 5.41) is 28.0. The van der Waals surface area contributed by atoms with Crippen molar-refractivity contribution in [1.82, 2.24) is 55.6 Å². The number of carbonyl (C=O) groups is 5. The molecule has 3 aliphatic heterocycles. The lowest BCUT2D eigenvalue weighted by molar-refractivity contribution is -0.144. The number of aryl methyl sites for hydroxylation is 4. The number of benzene rings is 3. The van der Waals surface area contributed by atoms with Crippen molar-refractivity contribution in [2.75, 3.05) is 57.4 Å². The Morgan fingerprint density at radius 2 is 1.58 bits per heavy atom. The van der Waals surface area contributed by atoms with Crippen molar-refractivity contribution in [2.45, 2.75) is 144 Å². The molecule has 1 unspecified atom stereocenters. The zero-order chi connectivity index (χ0) is 60.5. The van der Waals surface area contributed by atoms with Gasteiger partial charge in [0.25, 0.3) is 17.4 Å². The quantitative estimate of drug-likeness (QED) is 0.0464. The fraction of sp³-hybridized carbons (Fsp3) is 0.484. The largest absolute Gasteiger partial charge is 0.391 e. The minimum Gasteiger partial charge on any atom is -0.391 e. The molecule has 3 fully saturated rings. The molecule has 5 N–H and O–H groups in total. The number of thiazole rings is 1. The number of aromatic nitrogens is 5. The first kappa shape index (κ1) is 62.0. The molecular formula is C64H82N12O8S. The number of aromatic amines is 1. The van der Waals surface area contributed by atoms with Crippen molar-refractivity contribution in [1.29, 1.82) is 0 Å². The van der Waals surface area contributed by atoms with Crippen LogP contribution in [0.3, 0.4) is 0 Å². The summed E-state index contributed by atoms with van der Waals surface area (Å²) in [6, 6.07) is 20.8. The number of amides is 5. The van der Waals surface area contributed by atoms with Crippen LogP contribution in [0, 0.1) is 33.1 Å². The number of hydrogen-bond donors (Lipinski definition) is 5. The van der Waals surface area contributed by atoms with E-state index in [1.807, 2.05) is 90.4 Å². The third-order valence-corrected chi connectivity index (χ3v) is 17.7. The highest BCUT2D eigenvalue weighted by Gasteiger charge is 2.44. The molecule has 5 amide bonds. The summed E-state index contributed by atoms with van der Waals surface area (Å²) in [6.45, 7) is 21.5. The highest BCUT2D eigenvalue weighted by Crippen LogP contribution is 2.35. The van der Waals surface area contributed by atoms with Gasteiger partial charge in [-0.05, 0) is 123 Å². The van der Waals surface area contributed by atoms with Gasteiger partial charge in [0.1, 0.15) is 12.1 Å². The van der Waals surface area contributed by atoms with Gasteiger partial charge in [-0.2, -0.15) is 0 Å². The Hall–Kier alpha value is -7.59. The first-order valence-electron chi connectivity index (χ1n) is 29.8. The molecule has 3 aromatic carbocycles. The molecule has 21 heteroatoms. The number of hydrogen-bond acceptors (Lipinski definition) is 14. The topological polar surface area (TPSA) is 240 Å². The standard InChI is InChI=1S/C64H82N12O8S/c1-9-75(49-21-28-84-29-22-49)54-32-48(31-51(42(54)4)59(79)66-35-52-40(2)30-41(3)68-60(52)80)46-17-15-45(16-18-46)36-72-24-26-73(27-25-72)62(82)53-38-74(71-70-53)23-11-10-12-56(78)69-58(64(6,7)8)63(83)76-37-50(77)33-55(76)61(81)65-34-44-13-19-47(20-14-44)57-43(5)67-39-85-57/h13-20,30-32,38-39,49-50,55,58,77H,9-12,21-29,33-37H2,1-8H3,(H,65,81)(H,66,79)(H,68,80)(H,69,78)/t50-,55+,58?/m1/s1. The number of nitrogens with one attached hydrogen (secondary N) is 4. The monoisotopic (exact) mass is 1180 g/mol. The Bertz CT molecular complexity index is 3390. The summed E-state index contributed by atoms with van der Waals surface area (Å²) >= 11 is 1.57. The van der Waals surface area contributed by atoms with Crippen molar-refractivity contribution in [3.05, 3.63) is 139 Å². The predicted octanol–water partition coefficient (Wildman–Crippen LogP) is 6.86. The summed E-state index contributed by atoms with van der Waals surface area (Å²) in [7, 11) is 0. The molecule has 6 heterocycles. The molecule has 0 bridgehead atoms. The molecule has 85 heavy (non-hydrogen) atoms. The lowest BCUT2D eigenvalue weighted by Crippen LogP contribution is -2.57. The third kappa shape index (κ3) is 15.3. The minimum atomic E-state index is -0.936. The molecule has 3 aromatic heterocycles. The van der Waals surface area contributed by atoms with Crippen molar-refractivity contribution in [2.24, 2.45) is 5.41 Å². The van der Waals surface area contributed by atoms with Gasteiger partial charge in [-0.1, -0.05) is 74.5 Å². The van der Waals surface area contributed by atoms with Crippen molar-refractivity contribution in [3.8, 4) is 21.6 Å². The maximum Gasteiger partial charge on any atom is 0.276 e. The van der Waals surface area contributed by atoms with E-state index in [9.17, 15) is 33.9 Å². The molecule has 3 atom stereocenters. The smallest absolute Gasteiger partial charge is 0.276 e. The number of carbonyl (C=O) groups excluding carboxylic acids is 5. The summed E-state index contributed by atoms with van der Waals surface area (Å²) in [4.78, 5) is 97.9. The Balaban J connectivity index is 0.734. The summed E-state index contributed by atoms with van der Waals surface area (Å²) in [6.07, 6.45) is 3.88. The van der Waals surface area contributed by atoms with Crippen molar-refractivity contribution in [3.63, 3.8) is 0 Å². The number of ether oxygens (including phenoxy) is 1. The SMILES string of the molecule is CCN(c1cc(-c2ccc(CN3CCN(C(=O)c4cn(CCCCC(=O)NC(C(=O)N5C[C@H](O)C[C@H]5C(=O)NCc5ccc(-c6scnc6C)cc5)C(C)(C)C)nn4)CC3)cc2)cc(C(=O)NCc2c(C)cc(C)[nH]c2=O)c1C)C1CCOCC1. The van der Waals surface area contributed by atoms with E-state index in [2.05, 4.69) is 83.3 Å². The second kappa shape index (κ2) is 27.6. The molecule has 0 saturated carbocycles. The van der Waals surface area contributed by atoms with E-state index < -0.39 is 29.5 Å². The zero-order valence-corrected chi connectivity index (χ0v) is 51.2. The zero-order valence-electron chi connectivity index (χ0n) is 50.3. The number of rotatable bonds is 21. The number of piperazine rings is 1. The normalized spacial score (nSPS) is 17.2. The van der Waals surface area contributed by atoms with Crippen LogP contribution in [0.15, 0.2) is 83.2 Å². The van der Waals surface area contributed by atoms with Gasteiger partial charge in [0.05, 0.1) is 28.4 Å². The lowest BCUT2D eigenvalue weighted by Gasteiger charge is -2.37. The first-order chi connectivity index (χ1) is 40.7. The van der Waals surface area contributed by atoms with E-state index in [0.717, 1.165) is 80.3 Å². The molecule has 9 rings (SSSR count). The summed E-state index contributed by atoms with van der Waals surface area (Å²) in [5.74, 6) is -1.51. The van der Waals surface area contributed by atoms with Gasteiger partial charge in [0, 0.05) is 120 Å². The number of likely N-dealkylation sites (tertiary alicyclic amines) is 1. The molecular weight excluding hydrogens is 1100 g/mol. The van der Waals surface area contributed by atoms with E-state index in [0.29, 0.717) is 76.5 Å². The average Bonchev–Trinajstić information content (AvgIpc) is 4.43. The second-order valence-electron chi connectivity index (χ2n) is 24.0. The average molecular weight is 1180 g/mol. The van der Waals surface area contributed by atoms with Crippen molar-refractivity contribution >= 4 is 46.6 Å². The molecule has 6 aromatic rings. The van der Waals surface area contributed by atoms with Crippen LogP contribution in [0.5, 0.6) is 0 Å². The van der Waals surface area contributed by atoms with Crippen LogP contribution in [-0.4, -0.2) is 151 Å². The van der Waals surface area contributed by atoms with Crippen LogP contribution in [0.4, 0.5) is 5.69 Å². The minimum absolute atomic E-state index is 0.0137. The Morgan fingerprint density at radius 3 is 2.25 bits per heavy atom. The molecule has 3 saturated heterocycles. The molecule has 0 aliphatic carbocycles. The predicted molar refractivity (Wildman–Crippen MR) is 328 cm³/mol. The van der Waals surface area contributed by atoms with Gasteiger partial charge >= 0.3 is 0 Å². The third-order valence-electron chi connectivity index (χ3n) is 16.7. The Morgan fingerprint density at radius 1 is 0.871 bits per heavy atom.